The monoisotopic (exact) mass is 427 g/mol. The molecule has 0 N–H and O–H groups in total. The molecule has 0 aliphatic carbocycles. The van der Waals surface area contributed by atoms with Crippen molar-refractivity contribution < 1.29 is 18.0 Å². The number of para-hydroxylation sites is 1. The third-order valence-corrected chi connectivity index (χ3v) is 5.54. The standard InChI is InChI=1S/C27H16F3NO/c28-27(29,30)23-15-7-14-21-24(20-13-6-11-17-8-4-5-12-19(17)20)22(16-31-25(21)23)26(32)18-9-2-1-3-10-18/h1-16H. The molecule has 0 spiro atoms. The van der Waals surface area contributed by atoms with E-state index < -0.39 is 11.7 Å². The highest BCUT2D eigenvalue weighted by molar-refractivity contribution is 6.19. The zero-order valence-corrected chi connectivity index (χ0v) is 16.7. The fourth-order valence-electron chi connectivity index (χ4n) is 4.10. The first kappa shape index (κ1) is 19.9. The highest BCUT2D eigenvalue weighted by Gasteiger charge is 2.34. The lowest BCUT2D eigenvalue weighted by atomic mass is 9.88. The Bertz CT molecular complexity index is 1470. The molecule has 2 nitrogen and oxygen atoms in total. The number of nitrogens with zero attached hydrogens (tertiary/aromatic N) is 1. The number of benzene rings is 4. The lowest BCUT2D eigenvalue weighted by Gasteiger charge is -2.17. The maximum absolute atomic E-state index is 13.7. The average molecular weight is 427 g/mol. The van der Waals surface area contributed by atoms with Gasteiger partial charge >= 0.3 is 6.18 Å². The van der Waals surface area contributed by atoms with Crippen molar-refractivity contribution in [3.63, 3.8) is 0 Å². The minimum atomic E-state index is -4.56. The summed E-state index contributed by atoms with van der Waals surface area (Å²) in [7, 11) is 0. The molecule has 5 aromatic rings. The van der Waals surface area contributed by atoms with E-state index in [1.807, 2.05) is 42.5 Å². The van der Waals surface area contributed by atoms with E-state index in [1.165, 1.54) is 12.3 Å². The molecule has 32 heavy (non-hydrogen) atoms. The summed E-state index contributed by atoms with van der Waals surface area (Å²) in [5.74, 6) is -0.291. The van der Waals surface area contributed by atoms with Crippen LogP contribution in [0.25, 0.3) is 32.8 Å². The van der Waals surface area contributed by atoms with Crippen LogP contribution >= 0.6 is 0 Å². The maximum atomic E-state index is 13.7. The second-order valence-electron chi connectivity index (χ2n) is 7.47. The molecule has 0 amide bonds. The number of carbonyl (C=O) groups excluding carboxylic acids is 1. The average Bonchev–Trinajstić information content (AvgIpc) is 2.82. The van der Waals surface area contributed by atoms with Crippen LogP contribution in [-0.2, 0) is 6.18 Å². The van der Waals surface area contributed by atoms with E-state index in [9.17, 15) is 18.0 Å². The predicted octanol–water partition coefficient (Wildman–Crippen LogP) is 7.30. The van der Waals surface area contributed by atoms with Gasteiger partial charge in [0.2, 0.25) is 0 Å². The molecule has 0 unspecified atom stereocenters. The van der Waals surface area contributed by atoms with Crippen LogP contribution < -0.4 is 0 Å². The van der Waals surface area contributed by atoms with Crippen molar-refractivity contribution in [2.45, 2.75) is 6.18 Å². The third-order valence-electron chi connectivity index (χ3n) is 5.54. The highest BCUT2D eigenvalue weighted by Crippen LogP contribution is 2.40. The SMILES string of the molecule is O=C(c1ccccc1)c1cnc2c(C(F)(F)F)cccc2c1-c1cccc2ccccc12. The Kier molecular flexibility index (Phi) is 4.74. The minimum absolute atomic E-state index is 0.174. The van der Waals surface area contributed by atoms with Crippen LogP contribution in [-0.4, -0.2) is 10.8 Å². The van der Waals surface area contributed by atoms with Crippen molar-refractivity contribution in [3.8, 4) is 11.1 Å². The molecule has 0 aliphatic heterocycles. The van der Waals surface area contributed by atoms with Gasteiger partial charge in [-0.2, -0.15) is 13.2 Å². The van der Waals surface area contributed by atoms with Crippen molar-refractivity contribution in [2.24, 2.45) is 0 Å². The Morgan fingerprint density at radius 3 is 2.16 bits per heavy atom. The molecule has 0 aliphatic rings. The smallest absolute Gasteiger partial charge is 0.289 e. The Morgan fingerprint density at radius 2 is 1.38 bits per heavy atom. The van der Waals surface area contributed by atoms with Crippen molar-refractivity contribution in [1.29, 1.82) is 0 Å². The van der Waals surface area contributed by atoms with Crippen molar-refractivity contribution >= 4 is 27.5 Å². The molecule has 0 radical (unpaired) electrons. The molecule has 5 heteroatoms. The highest BCUT2D eigenvalue weighted by atomic mass is 19.4. The number of fused-ring (bicyclic) bond motifs is 2. The molecule has 0 fully saturated rings. The quantitative estimate of drug-likeness (QED) is 0.283. The summed E-state index contributed by atoms with van der Waals surface area (Å²) in [6, 6.07) is 25.9. The Labute approximate surface area is 182 Å². The number of carbonyl (C=O) groups is 1. The van der Waals surface area contributed by atoms with E-state index >= 15 is 0 Å². The molecule has 0 saturated heterocycles. The van der Waals surface area contributed by atoms with E-state index in [0.29, 0.717) is 16.7 Å². The topological polar surface area (TPSA) is 30.0 Å². The molecule has 0 atom stereocenters. The zero-order chi connectivity index (χ0) is 22.3. The van der Waals surface area contributed by atoms with E-state index in [0.717, 1.165) is 16.8 Å². The van der Waals surface area contributed by atoms with Gasteiger partial charge < -0.3 is 0 Å². The van der Waals surface area contributed by atoms with Gasteiger partial charge in [-0.15, -0.1) is 0 Å². The van der Waals surface area contributed by atoms with E-state index in [-0.39, 0.29) is 22.2 Å². The van der Waals surface area contributed by atoms with Gasteiger partial charge in [0.25, 0.3) is 0 Å². The summed E-state index contributed by atoms with van der Waals surface area (Å²) in [5, 5.41) is 2.07. The fourth-order valence-corrected chi connectivity index (χ4v) is 4.10. The van der Waals surface area contributed by atoms with Crippen LogP contribution in [0.2, 0.25) is 0 Å². The van der Waals surface area contributed by atoms with Gasteiger partial charge in [0, 0.05) is 28.3 Å². The molecule has 0 bridgehead atoms. The fraction of sp³-hybridized carbons (Fsp3) is 0.0370. The lowest BCUT2D eigenvalue weighted by molar-refractivity contribution is -0.136. The lowest BCUT2D eigenvalue weighted by Crippen LogP contribution is -2.09. The molecule has 1 aromatic heterocycles. The van der Waals surface area contributed by atoms with Crippen LogP contribution in [0.5, 0.6) is 0 Å². The first-order chi connectivity index (χ1) is 15.4. The molecule has 4 aromatic carbocycles. The normalized spacial score (nSPS) is 11.7. The first-order valence-electron chi connectivity index (χ1n) is 10.0. The summed E-state index contributed by atoms with van der Waals surface area (Å²) in [5.41, 5.74) is 0.852. The summed E-state index contributed by atoms with van der Waals surface area (Å²) in [6.45, 7) is 0. The van der Waals surface area contributed by atoms with Crippen LogP contribution in [0.15, 0.2) is 97.2 Å². The van der Waals surface area contributed by atoms with Crippen LogP contribution in [0, 0.1) is 0 Å². The number of pyridine rings is 1. The predicted molar refractivity (Wildman–Crippen MR) is 120 cm³/mol. The molecule has 0 saturated carbocycles. The second-order valence-corrected chi connectivity index (χ2v) is 7.47. The number of ketones is 1. The third kappa shape index (κ3) is 3.32. The largest absolute Gasteiger partial charge is 0.418 e. The van der Waals surface area contributed by atoms with E-state index in [4.69, 9.17) is 0 Å². The summed E-state index contributed by atoms with van der Waals surface area (Å²) in [6.07, 6.45) is -3.29. The Morgan fingerprint density at radius 1 is 0.719 bits per heavy atom. The van der Waals surface area contributed by atoms with Gasteiger partial charge in [0.15, 0.2) is 5.78 Å². The number of rotatable bonds is 3. The van der Waals surface area contributed by atoms with Crippen molar-refractivity contribution in [2.75, 3.05) is 0 Å². The van der Waals surface area contributed by atoms with Crippen molar-refractivity contribution in [3.05, 3.63) is 114 Å². The van der Waals surface area contributed by atoms with E-state index in [2.05, 4.69) is 4.98 Å². The van der Waals surface area contributed by atoms with Gasteiger partial charge in [-0.3, -0.25) is 9.78 Å². The molecule has 1 heterocycles. The molecule has 5 rings (SSSR count). The van der Waals surface area contributed by atoms with E-state index in [1.54, 1.807) is 36.4 Å². The molecule has 156 valence electrons. The number of hydrogen-bond donors (Lipinski definition) is 0. The number of halogens is 3. The second kappa shape index (κ2) is 7.61. The van der Waals surface area contributed by atoms with Gasteiger partial charge in [0.1, 0.15) is 0 Å². The number of hydrogen-bond acceptors (Lipinski definition) is 2. The number of alkyl halides is 3. The summed E-state index contributed by atoms with van der Waals surface area (Å²) in [4.78, 5) is 17.6. The van der Waals surface area contributed by atoms with Crippen LogP contribution in [0.3, 0.4) is 0 Å². The first-order valence-corrected chi connectivity index (χ1v) is 10.0. The van der Waals surface area contributed by atoms with Crippen molar-refractivity contribution in [1.82, 2.24) is 4.98 Å². The molecular weight excluding hydrogens is 411 g/mol. The minimum Gasteiger partial charge on any atom is -0.289 e. The maximum Gasteiger partial charge on any atom is 0.418 e. The number of aromatic nitrogens is 1. The van der Waals surface area contributed by atoms with Gasteiger partial charge in [-0.05, 0) is 22.4 Å². The van der Waals surface area contributed by atoms with Gasteiger partial charge in [-0.25, -0.2) is 0 Å². The Hall–Kier alpha value is -3.99. The Balaban J connectivity index is 1.90. The van der Waals surface area contributed by atoms with Gasteiger partial charge in [-0.1, -0.05) is 84.9 Å². The summed E-state index contributed by atoms with van der Waals surface area (Å²) >= 11 is 0. The summed E-state index contributed by atoms with van der Waals surface area (Å²) < 4.78 is 41.2. The van der Waals surface area contributed by atoms with Crippen LogP contribution in [0.4, 0.5) is 13.2 Å². The molecular formula is C27H16F3NO. The van der Waals surface area contributed by atoms with Crippen LogP contribution in [0.1, 0.15) is 21.5 Å². The zero-order valence-electron chi connectivity index (χ0n) is 16.7. The van der Waals surface area contributed by atoms with Gasteiger partial charge in [0.05, 0.1) is 11.1 Å².